The molecule has 2 rings (SSSR count). The molecule has 0 aliphatic rings. The number of carboxylic acids is 1. The smallest absolute Gasteiger partial charge is 0.303 e. The number of pyridine rings is 1. The highest BCUT2D eigenvalue weighted by Gasteiger charge is 2.24. The number of rotatable bonds is 5. The molecule has 0 spiro atoms. The SMILES string of the molecule is Cc1ccn2c(=O)c(C(=O)NC(C)(C)CCC(=O)O)cnc2c1. The topological polar surface area (TPSA) is 101 Å². The summed E-state index contributed by atoms with van der Waals surface area (Å²) < 4.78 is 1.31. The second kappa shape index (κ2) is 6.20. The minimum atomic E-state index is -0.935. The molecule has 2 aromatic heterocycles. The number of carbonyl (C=O) groups excluding carboxylic acids is 1. The van der Waals surface area contributed by atoms with Gasteiger partial charge in [-0.05, 0) is 44.9 Å². The number of amides is 1. The lowest BCUT2D eigenvalue weighted by Crippen LogP contribution is -2.45. The van der Waals surface area contributed by atoms with Crippen LogP contribution in [0.2, 0.25) is 0 Å². The fourth-order valence-corrected chi connectivity index (χ4v) is 2.19. The highest BCUT2D eigenvalue weighted by atomic mass is 16.4. The van der Waals surface area contributed by atoms with E-state index in [4.69, 9.17) is 5.11 Å². The molecule has 122 valence electrons. The van der Waals surface area contributed by atoms with Gasteiger partial charge in [0.2, 0.25) is 0 Å². The molecule has 0 saturated heterocycles. The standard InChI is InChI=1S/C16H19N3O4/c1-10-5-7-19-12(8-10)17-9-11(15(19)23)14(22)18-16(2,3)6-4-13(20)21/h5,7-9H,4,6H2,1-3H3,(H,18,22)(H,20,21). The quantitative estimate of drug-likeness (QED) is 0.867. The van der Waals surface area contributed by atoms with E-state index in [0.29, 0.717) is 5.65 Å². The van der Waals surface area contributed by atoms with Gasteiger partial charge in [0, 0.05) is 24.4 Å². The van der Waals surface area contributed by atoms with Crippen molar-refractivity contribution in [2.45, 2.75) is 39.2 Å². The normalized spacial score (nSPS) is 11.4. The monoisotopic (exact) mass is 317 g/mol. The maximum atomic E-state index is 12.4. The number of hydrogen-bond acceptors (Lipinski definition) is 4. The van der Waals surface area contributed by atoms with Crippen molar-refractivity contribution in [3.05, 3.63) is 46.0 Å². The lowest BCUT2D eigenvalue weighted by molar-refractivity contribution is -0.137. The Morgan fingerprint density at radius 1 is 1.39 bits per heavy atom. The van der Waals surface area contributed by atoms with Crippen LogP contribution in [-0.4, -0.2) is 31.9 Å². The summed E-state index contributed by atoms with van der Waals surface area (Å²) in [6.45, 7) is 5.31. The first kappa shape index (κ1) is 16.7. The lowest BCUT2D eigenvalue weighted by Gasteiger charge is -2.25. The van der Waals surface area contributed by atoms with E-state index in [2.05, 4.69) is 10.3 Å². The van der Waals surface area contributed by atoms with Crippen LogP contribution in [0.15, 0.2) is 29.3 Å². The van der Waals surface area contributed by atoms with Crippen LogP contribution in [-0.2, 0) is 4.79 Å². The highest BCUT2D eigenvalue weighted by Crippen LogP contribution is 2.12. The van der Waals surface area contributed by atoms with Gasteiger partial charge in [-0.2, -0.15) is 0 Å². The van der Waals surface area contributed by atoms with Gasteiger partial charge in [-0.15, -0.1) is 0 Å². The fourth-order valence-electron chi connectivity index (χ4n) is 2.19. The van der Waals surface area contributed by atoms with Gasteiger partial charge in [0.15, 0.2) is 0 Å². The van der Waals surface area contributed by atoms with E-state index in [1.165, 1.54) is 10.6 Å². The predicted octanol–water partition coefficient (Wildman–Crippen LogP) is 1.38. The zero-order valence-electron chi connectivity index (χ0n) is 13.3. The molecule has 0 aromatic carbocycles. The van der Waals surface area contributed by atoms with Crippen molar-refractivity contribution in [1.29, 1.82) is 0 Å². The molecule has 23 heavy (non-hydrogen) atoms. The van der Waals surface area contributed by atoms with E-state index in [1.54, 1.807) is 32.2 Å². The summed E-state index contributed by atoms with van der Waals surface area (Å²) in [5, 5.41) is 11.4. The largest absolute Gasteiger partial charge is 0.481 e. The Morgan fingerprint density at radius 2 is 2.09 bits per heavy atom. The second-order valence-electron chi connectivity index (χ2n) is 6.14. The Balaban J connectivity index is 2.28. The van der Waals surface area contributed by atoms with Crippen molar-refractivity contribution in [2.75, 3.05) is 0 Å². The molecule has 7 heteroatoms. The molecule has 0 saturated carbocycles. The molecular weight excluding hydrogens is 298 g/mol. The lowest BCUT2D eigenvalue weighted by atomic mass is 9.98. The molecule has 0 atom stereocenters. The van der Waals surface area contributed by atoms with Crippen molar-refractivity contribution in [3.63, 3.8) is 0 Å². The van der Waals surface area contributed by atoms with Crippen LogP contribution in [0.25, 0.3) is 5.65 Å². The van der Waals surface area contributed by atoms with Gasteiger partial charge in [-0.25, -0.2) is 4.98 Å². The van der Waals surface area contributed by atoms with Gasteiger partial charge in [-0.1, -0.05) is 0 Å². The second-order valence-corrected chi connectivity index (χ2v) is 6.14. The summed E-state index contributed by atoms with van der Waals surface area (Å²) in [7, 11) is 0. The summed E-state index contributed by atoms with van der Waals surface area (Å²) in [4.78, 5) is 39.5. The number of aryl methyl sites for hydroxylation is 1. The third-order valence-electron chi connectivity index (χ3n) is 3.53. The number of aliphatic carboxylic acids is 1. The fraction of sp³-hybridized carbons (Fsp3) is 0.375. The molecule has 2 aromatic rings. The Kier molecular flexibility index (Phi) is 4.49. The van der Waals surface area contributed by atoms with Crippen LogP contribution in [0.4, 0.5) is 0 Å². The molecular formula is C16H19N3O4. The Labute approximate surface area is 133 Å². The number of nitrogens with one attached hydrogen (secondary N) is 1. The first-order valence-corrected chi connectivity index (χ1v) is 7.22. The van der Waals surface area contributed by atoms with Gasteiger partial charge in [0.05, 0.1) is 0 Å². The number of nitrogens with zero attached hydrogens (tertiary/aromatic N) is 2. The van der Waals surface area contributed by atoms with E-state index in [0.717, 1.165) is 5.56 Å². The molecule has 2 N–H and O–H groups in total. The average Bonchev–Trinajstić information content (AvgIpc) is 2.45. The molecule has 0 unspecified atom stereocenters. The van der Waals surface area contributed by atoms with Gasteiger partial charge >= 0.3 is 5.97 Å². The predicted molar refractivity (Wildman–Crippen MR) is 84.6 cm³/mol. The molecule has 1 amide bonds. The van der Waals surface area contributed by atoms with Gasteiger partial charge in [-0.3, -0.25) is 18.8 Å². The van der Waals surface area contributed by atoms with E-state index in [9.17, 15) is 14.4 Å². The summed E-state index contributed by atoms with van der Waals surface area (Å²) in [6, 6.07) is 3.51. The van der Waals surface area contributed by atoms with Crippen LogP contribution in [0, 0.1) is 6.92 Å². The molecule has 0 aliphatic heterocycles. The van der Waals surface area contributed by atoms with Crippen molar-refractivity contribution in [3.8, 4) is 0 Å². The minimum Gasteiger partial charge on any atom is -0.481 e. The maximum Gasteiger partial charge on any atom is 0.303 e. The zero-order chi connectivity index (χ0) is 17.2. The first-order chi connectivity index (χ1) is 10.7. The van der Waals surface area contributed by atoms with Crippen molar-refractivity contribution in [2.24, 2.45) is 0 Å². The first-order valence-electron chi connectivity index (χ1n) is 7.22. The summed E-state index contributed by atoms with van der Waals surface area (Å²) in [5.74, 6) is -1.50. The average molecular weight is 317 g/mol. The third-order valence-corrected chi connectivity index (χ3v) is 3.53. The van der Waals surface area contributed by atoms with Gasteiger partial charge < -0.3 is 10.4 Å². The summed E-state index contributed by atoms with van der Waals surface area (Å²) in [5.41, 5.74) is 0.159. The number of carboxylic acid groups (broad SMARTS) is 1. The van der Waals surface area contributed by atoms with E-state index in [1.807, 2.05) is 6.92 Å². The van der Waals surface area contributed by atoms with Crippen LogP contribution in [0.3, 0.4) is 0 Å². The molecule has 0 fully saturated rings. The molecule has 0 bridgehead atoms. The van der Waals surface area contributed by atoms with E-state index in [-0.39, 0.29) is 18.4 Å². The number of hydrogen-bond donors (Lipinski definition) is 2. The highest BCUT2D eigenvalue weighted by molar-refractivity contribution is 5.94. The molecule has 0 aliphatic carbocycles. The number of carbonyl (C=O) groups is 2. The molecule has 2 heterocycles. The Bertz CT molecular complexity index is 824. The zero-order valence-corrected chi connectivity index (χ0v) is 13.3. The molecule has 0 radical (unpaired) electrons. The summed E-state index contributed by atoms with van der Waals surface area (Å²) in [6.07, 6.45) is 3.02. The Morgan fingerprint density at radius 3 is 2.74 bits per heavy atom. The third kappa shape index (κ3) is 3.94. The molecule has 7 nitrogen and oxygen atoms in total. The van der Waals surface area contributed by atoms with E-state index >= 15 is 0 Å². The van der Waals surface area contributed by atoms with Gasteiger partial charge in [0.1, 0.15) is 11.2 Å². The van der Waals surface area contributed by atoms with Crippen molar-refractivity contribution >= 4 is 17.5 Å². The minimum absolute atomic E-state index is 0.0679. The number of aromatic nitrogens is 2. The maximum absolute atomic E-state index is 12.4. The van der Waals surface area contributed by atoms with Gasteiger partial charge in [0.25, 0.3) is 11.5 Å². The van der Waals surface area contributed by atoms with Crippen LogP contribution < -0.4 is 10.9 Å². The number of fused-ring (bicyclic) bond motifs is 1. The van der Waals surface area contributed by atoms with Crippen LogP contribution in [0.1, 0.15) is 42.6 Å². The summed E-state index contributed by atoms with van der Waals surface area (Å²) >= 11 is 0. The Hall–Kier alpha value is -2.70. The van der Waals surface area contributed by atoms with Crippen molar-refractivity contribution in [1.82, 2.24) is 14.7 Å². The van der Waals surface area contributed by atoms with E-state index < -0.39 is 23.0 Å². The van der Waals surface area contributed by atoms with Crippen LogP contribution in [0.5, 0.6) is 0 Å². The van der Waals surface area contributed by atoms with Crippen LogP contribution >= 0.6 is 0 Å². The van der Waals surface area contributed by atoms with Crippen molar-refractivity contribution < 1.29 is 14.7 Å².